The molecule has 1 aliphatic rings. The SMILES string of the molecule is C=CC(F)C(C)/C(=C\CB(C)C1=CC(F)CC(F)=C1)I=C. The van der Waals surface area contributed by atoms with Crippen molar-refractivity contribution in [1.82, 2.24) is 0 Å². The molecular formula is C16H21BF3I. The summed E-state index contributed by atoms with van der Waals surface area (Å²) in [5.41, 5.74) is 0.678. The third kappa shape index (κ3) is 5.60. The Bertz CT molecular complexity index is 482. The van der Waals surface area contributed by atoms with E-state index in [0.717, 1.165) is 3.58 Å². The second kappa shape index (κ2) is 8.76. The predicted molar refractivity (Wildman–Crippen MR) is 96.7 cm³/mol. The van der Waals surface area contributed by atoms with E-state index in [0.29, 0.717) is 11.8 Å². The second-order valence-corrected chi connectivity index (χ2v) is 7.31. The van der Waals surface area contributed by atoms with Crippen LogP contribution in [0.15, 0.2) is 45.8 Å². The third-order valence-electron chi connectivity index (χ3n) is 3.61. The minimum atomic E-state index is -1.24. The van der Waals surface area contributed by atoms with E-state index in [4.69, 9.17) is 0 Å². The maximum absolute atomic E-state index is 13.7. The van der Waals surface area contributed by atoms with Gasteiger partial charge in [0.05, 0.1) is 0 Å². The van der Waals surface area contributed by atoms with Crippen LogP contribution in [0.25, 0.3) is 0 Å². The van der Waals surface area contributed by atoms with Gasteiger partial charge in [0.15, 0.2) is 6.71 Å². The summed E-state index contributed by atoms with van der Waals surface area (Å²) in [4.78, 5) is 0. The summed E-state index contributed by atoms with van der Waals surface area (Å²) in [6.45, 7) is 7.23. The number of hydrogen-bond acceptors (Lipinski definition) is 0. The van der Waals surface area contributed by atoms with Gasteiger partial charge in [0, 0.05) is 12.3 Å². The van der Waals surface area contributed by atoms with Gasteiger partial charge in [-0.25, -0.2) is 13.2 Å². The Morgan fingerprint density at radius 1 is 1.62 bits per heavy atom. The highest BCUT2D eigenvalue weighted by atomic mass is 127. The van der Waals surface area contributed by atoms with E-state index < -0.39 is 38.9 Å². The van der Waals surface area contributed by atoms with E-state index in [2.05, 4.69) is 11.1 Å². The first kappa shape index (κ1) is 18.5. The Kier molecular flexibility index (Phi) is 7.70. The van der Waals surface area contributed by atoms with Crippen molar-refractivity contribution in [3.8, 4) is 0 Å². The van der Waals surface area contributed by atoms with Crippen LogP contribution < -0.4 is 0 Å². The molecular weight excluding hydrogens is 387 g/mol. The Hall–Kier alpha value is -0.585. The van der Waals surface area contributed by atoms with Crippen LogP contribution in [-0.4, -0.2) is 23.6 Å². The number of rotatable bonds is 7. The molecule has 116 valence electrons. The van der Waals surface area contributed by atoms with Crippen LogP contribution in [0, 0.1) is 5.92 Å². The van der Waals surface area contributed by atoms with E-state index in [-0.39, 0.29) is 19.1 Å². The maximum atomic E-state index is 13.7. The molecule has 1 aliphatic carbocycles. The van der Waals surface area contributed by atoms with Gasteiger partial charge in [0.2, 0.25) is 0 Å². The van der Waals surface area contributed by atoms with E-state index in [9.17, 15) is 13.2 Å². The molecule has 0 fully saturated rings. The Morgan fingerprint density at radius 3 is 2.81 bits per heavy atom. The average Bonchev–Trinajstić information content (AvgIpc) is 2.45. The minimum absolute atomic E-state index is 0.00819. The molecule has 0 aliphatic heterocycles. The van der Waals surface area contributed by atoms with Gasteiger partial charge >= 0.3 is 0 Å². The van der Waals surface area contributed by atoms with Crippen LogP contribution in [0.3, 0.4) is 0 Å². The molecule has 0 radical (unpaired) electrons. The summed E-state index contributed by atoms with van der Waals surface area (Å²) in [5, 5.41) is 0. The fraction of sp³-hybridized carbons (Fsp3) is 0.438. The molecule has 3 unspecified atom stereocenters. The number of halogens is 4. The molecule has 0 aromatic heterocycles. The van der Waals surface area contributed by atoms with Gasteiger partial charge in [-0.3, -0.25) is 0 Å². The first-order chi connectivity index (χ1) is 9.88. The molecule has 21 heavy (non-hydrogen) atoms. The fourth-order valence-corrected chi connectivity index (χ4v) is 3.80. The van der Waals surface area contributed by atoms with Crippen molar-refractivity contribution in [3.05, 3.63) is 45.8 Å². The molecule has 0 amide bonds. The second-order valence-electron chi connectivity index (χ2n) is 5.31. The minimum Gasteiger partial charge on any atom is -0.243 e. The van der Waals surface area contributed by atoms with Gasteiger partial charge in [-0.1, -0.05) is 69.0 Å². The van der Waals surface area contributed by atoms with Crippen molar-refractivity contribution < 1.29 is 13.2 Å². The normalized spacial score (nSPS) is 22.1. The smallest absolute Gasteiger partial charge is 0.176 e. The maximum Gasteiger partial charge on any atom is 0.176 e. The van der Waals surface area contributed by atoms with Crippen molar-refractivity contribution >= 4 is 32.0 Å². The molecule has 1 rings (SSSR count). The van der Waals surface area contributed by atoms with Crippen LogP contribution in [0.4, 0.5) is 13.2 Å². The zero-order valence-corrected chi connectivity index (χ0v) is 14.6. The lowest BCUT2D eigenvalue weighted by atomic mass is 9.43. The lowest BCUT2D eigenvalue weighted by molar-refractivity contribution is 0.335. The van der Waals surface area contributed by atoms with E-state index in [1.54, 1.807) is 0 Å². The zero-order chi connectivity index (χ0) is 16.0. The number of alkyl halides is 2. The summed E-state index contributed by atoms with van der Waals surface area (Å²) >= 11 is -0.467. The Labute approximate surface area is 135 Å². The molecule has 0 aromatic carbocycles. The molecule has 0 nitrogen and oxygen atoms in total. The molecule has 3 atom stereocenters. The van der Waals surface area contributed by atoms with Gasteiger partial charge in [-0.05, 0) is 9.66 Å². The van der Waals surface area contributed by atoms with Crippen LogP contribution in [0.2, 0.25) is 13.1 Å². The van der Waals surface area contributed by atoms with Gasteiger partial charge in [-0.15, -0.1) is 6.58 Å². The fourth-order valence-electron chi connectivity index (χ4n) is 2.19. The third-order valence-corrected chi connectivity index (χ3v) is 5.92. The lowest BCUT2D eigenvalue weighted by Gasteiger charge is -2.17. The average molecular weight is 408 g/mol. The molecule has 0 saturated carbocycles. The van der Waals surface area contributed by atoms with Crippen molar-refractivity contribution in [2.45, 2.75) is 38.8 Å². The summed E-state index contributed by atoms with van der Waals surface area (Å²) in [6.07, 6.45) is 4.34. The summed E-state index contributed by atoms with van der Waals surface area (Å²) in [6, 6.07) is 0. The Morgan fingerprint density at radius 2 is 2.29 bits per heavy atom. The van der Waals surface area contributed by atoms with Gasteiger partial charge in [0.25, 0.3) is 0 Å². The molecule has 0 N–H and O–H groups in total. The highest BCUT2D eigenvalue weighted by molar-refractivity contribution is 14.2. The number of hydrogen-bond donors (Lipinski definition) is 0. The topological polar surface area (TPSA) is 0 Å². The standard InChI is InChI=1S/C16H21BF3I/c1-5-15(20)11(2)16(21-4)6-7-17(3)12-8-13(18)10-14(19)9-12/h5-6,8-9,11,13,15H,1,4,7,10H2,2-3H3/b16-6+. The van der Waals surface area contributed by atoms with Crippen molar-refractivity contribution in [3.63, 3.8) is 0 Å². The first-order valence-electron chi connectivity index (χ1n) is 6.95. The quantitative estimate of drug-likeness (QED) is 0.292. The predicted octanol–water partition coefficient (Wildman–Crippen LogP) is 5.62. The molecule has 0 aromatic rings. The van der Waals surface area contributed by atoms with Gasteiger partial charge < -0.3 is 0 Å². The first-order valence-corrected chi connectivity index (χ1v) is 9.56. The van der Waals surface area contributed by atoms with Crippen LogP contribution >= 0.6 is 20.7 Å². The van der Waals surface area contributed by atoms with Crippen molar-refractivity contribution in [2.75, 3.05) is 0 Å². The largest absolute Gasteiger partial charge is 0.243 e. The van der Waals surface area contributed by atoms with Crippen LogP contribution in [-0.2, 0) is 0 Å². The number of allylic oxidation sites excluding steroid dienone is 7. The van der Waals surface area contributed by atoms with Crippen LogP contribution in [0.5, 0.6) is 0 Å². The van der Waals surface area contributed by atoms with Gasteiger partial charge in [-0.2, -0.15) is 0 Å². The van der Waals surface area contributed by atoms with Crippen molar-refractivity contribution in [2.24, 2.45) is 5.92 Å². The van der Waals surface area contributed by atoms with E-state index in [1.807, 2.05) is 19.8 Å². The summed E-state index contributed by atoms with van der Waals surface area (Å²) in [7, 11) is 0. The lowest BCUT2D eigenvalue weighted by Crippen LogP contribution is -2.15. The molecule has 0 heterocycles. The summed E-state index contributed by atoms with van der Waals surface area (Å²) in [5.74, 6) is -0.633. The summed E-state index contributed by atoms with van der Waals surface area (Å²) < 4.78 is 45.2. The van der Waals surface area contributed by atoms with Crippen LogP contribution in [0.1, 0.15) is 13.3 Å². The van der Waals surface area contributed by atoms with Gasteiger partial charge in [0.1, 0.15) is 18.2 Å². The molecule has 5 heteroatoms. The molecule has 0 saturated heterocycles. The van der Waals surface area contributed by atoms with E-state index >= 15 is 0 Å². The zero-order valence-electron chi connectivity index (χ0n) is 12.5. The monoisotopic (exact) mass is 408 g/mol. The van der Waals surface area contributed by atoms with E-state index in [1.165, 1.54) is 18.2 Å². The highest BCUT2D eigenvalue weighted by Crippen LogP contribution is 2.29. The Balaban J connectivity index is 2.77. The van der Waals surface area contributed by atoms with Crippen molar-refractivity contribution in [1.29, 1.82) is 0 Å². The highest BCUT2D eigenvalue weighted by Gasteiger charge is 2.21. The molecule has 0 bridgehead atoms. The molecule has 0 spiro atoms.